The number of halogens is 1. The standard InChI is InChI=1S/C18H25FO2/c1-5-21-18(10-8-17(3,4)9-11-18)16(20)15-12-14(19)7-6-13(15)2/h6-7,12H,5,8-11H2,1-4H3. The molecule has 3 heteroatoms. The van der Waals surface area contributed by atoms with Gasteiger partial charge in [0, 0.05) is 12.2 Å². The summed E-state index contributed by atoms with van der Waals surface area (Å²) in [6.07, 6.45) is 3.32. The molecule has 0 aromatic heterocycles. The SMILES string of the molecule is CCOC1(C(=O)c2cc(F)ccc2C)CCC(C)(C)CC1. The molecule has 0 saturated heterocycles. The molecule has 2 rings (SSSR count). The van der Waals surface area contributed by atoms with E-state index in [2.05, 4.69) is 13.8 Å². The Hall–Kier alpha value is -1.22. The molecule has 0 radical (unpaired) electrons. The number of aryl methyl sites for hydroxylation is 1. The van der Waals surface area contributed by atoms with Crippen LogP contribution < -0.4 is 0 Å². The summed E-state index contributed by atoms with van der Waals surface area (Å²) in [6, 6.07) is 4.40. The molecule has 0 bridgehead atoms. The second kappa shape index (κ2) is 5.88. The smallest absolute Gasteiger partial charge is 0.194 e. The predicted octanol–water partition coefficient (Wildman–Crippen LogP) is 4.69. The molecule has 2 nitrogen and oxygen atoms in total. The maximum atomic E-state index is 13.5. The van der Waals surface area contributed by atoms with Crippen LogP contribution in [0.25, 0.3) is 0 Å². The van der Waals surface area contributed by atoms with Crippen molar-refractivity contribution in [2.75, 3.05) is 6.61 Å². The predicted molar refractivity (Wildman–Crippen MR) is 82.1 cm³/mol. The normalized spacial score (nSPS) is 20.2. The number of rotatable bonds is 4. The quantitative estimate of drug-likeness (QED) is 0.752. The highest BCUT2D eigenvalue weighted by atomic mass is 19.1. The monoisotopic (exact) mass is 292 g/mol. The Morgan fingerprint density at radius 2 is 1.86 bits per heavy atom. The van der Waals surface area contributed by atoms with Gasteiger partial charge in [0.1, 0.15) is 11.4 Å². The lowest BCUT2D eigenvalue weighted by molar-refractivity contribution is -0.0581. The zero-order valence-electron chi connectivity index (χ0n) is 13.5. The summed E-state index contributed by atoms with van der Waals surface area (Å²) < 4.78 is 19.4. The first-order chi connectivity index (χ1) is 9.80. The molecule has 1 fully saturated rings. The van der Waals surface area contributed by atoms with E-state index in [1.807, 2.05) is 13.8 Å². The van der Waals surface area contributed by atoms with Gasteiger partial charge >= 0.3 is 0 Å². The Morgan fingerprint density at radius 3 is 2.43 bits per heavy atom. The Labute approximate surface area is 126 Å². The minimum Gasteiger partial charge on any atom is -0.367 e. The van der Waals surface area contributed by atoms with E-state index in [0.717, 1.165) is 18.4 Å². The van der Waals surface area contributed by atoms with Gasteiger partial charge in [0.2, 0.25) is 0 Å². The minimum atomic E-state index is -0.775. The molecule has 0 unspecified atom stereocenters. The molecule has 1 aromatic rings. The summed E-state index contributed by atoms with van der Waals surface area (Å²) in [6.45, 7) is 8.70. The van der Waals surface area contributed by atoms with Gasteiger partial charge in [0.25, 0.3) is 0 Å². The Morgan fingerprint density at radius 1 is 1.24 bits per heavy atom. The first-order valence-corrected chi connectivity index (χ1v) is 7.75. The van der Waals surface area contributed by atoms with Crippen LogP contribution in [-0.4, -0.2) is 18.0 Å². The molecular formula is C18H25FO2. The first kappa shape index (κ1) is 16.2. The second-order valence-corrected chi connectivity index (χ2v) is 6.88. The van der Waals surface area contributed by atoms with Crippen LogP contribution in [0.2, 0.25) is 0 Å². The largest absolute Gasteiger partial charge is 0.367 e. The van der Waals surface area contributed by atoms with E-state index < -0.39 is 5.60 Å². The summed E-state index contributed by atoms with van der Waals surface area (Å²) in [5.74, 6) is -0.427. The average molecular weight is 292 g/mol. The van der Waals surface area contributed by atoms with Crippen molar-refractivity contribution in [1.29, 1.82) is 0 Å². The molecule has 0 heterocycles. The van der Waals surface area contributed by atoms with E-state index in [4.69, 9.17) is 4.74 Å². The third-order valence-electron chi connectivity index (χ3n) is 4.69. The van der Waals surface area contributed by atoms with E-state index in [-0.39, 0.29) is 17.0 Å². The number of benzene rings is 1. The van der Waals surface area contributed by atoms with Crippen LogP contribution in [-0.2, 0) is 4.74 Å². The van der Waals surface area contributed by atoms with Crippen molar-refractivity contribution in [1.82, 2.24) is 0 Å². The fourth-order valence-corrected chi connectivity index (χ4v) is 3.13. The van der Waals surface area contributed by atoms with E-state index in [1.54, 1.807) is 6.07 Å². The van der Waals surface area contributed by atoms with Crippen LogP contribution in [0.5, 0.6) is 0 Å². The number of Topliss-reactive ketones (excluding diaryl/α,β-unsaturated/α-hetero) is 1. The number of hydrogen-bond acceptors (Lipinski definition) is 2. The van der Waals surface area contributed by atoms with E-state index >= 15 is 0 Å². The number of carbonyl (C=O) groups is 1. The lowest BCUT2D eigenvalue weighted by Gasteiger charge is -2.42. The molecular weight excluding hydrogens is 267 g/mol. The van der Waals surface area contributed by atoms with Crippen molar-refractivity contribution < 1.29 is 13.9 Å². The van der Waals surface area contributed by atoms with Gasteiger partial charge in [-0.25, -0.2) is 4.39 Å². The van der Waals surface area contributed by atoms with Crippen LogP contribution in [0.1, 0.15) is 62.4 Å². The third-order valence-corrected chi connectivity index (χ3v) is 4.69. The fraction of sp³-hybridized carbons (Fsp3) is 0.611. The highest BCUT2D eigenvalue weighted by molar-refractivity contribution is 6.03. The van der Waals surface area contributed by atoms with E-state index in [0.29, 0.717) is 25.0 Å². The van der Waals surface area contributed by atoms with Crippen LogP contribution in [0.15, 0.2) is 18.2 Å². The van der Waals surface area contributed by atoms with Crippen LogP contribution >= 0.6 is 0 Å². The number of ether oxygens (including phenoxy) is 1. The van der Waals surface area contributed by atoms with Gasteiger partial charge in [-0.15, -0.1) is 0 Å². The minimum absolute atomic E-state index is 0.0585. The number of hydrogen-bond donors (Lipinski definition) is 0. The molecule has 0 N–H and O–H groups in total. The topological polar surface area (TPSA) is 26.3 Å². The van der Waals surface area contributed by atoms with E-state index in [9.17, 15) is 9.18 Å². The van der Waals surface area contributed by atoms with Crippen molar-refractivity contribution in [2.24, 2.45) is 5.41 Å². The average Bonchev–Trinajstić information content (AvgIpc) is 2.44. The summed E-state index contributed by atoms with van der Waals surface area (Å²) in [4.78, 5) is 13.0. The molecule has 1 aliphatic carbocycles. The van der Waals surface area contributed by atoms with Crippen molar-refractivity contribution in [3.05, 3.63) is 35.1 Å². The van der Waals surface area contributed by atoms with Gasteiger partial charge in [0.05, 0.1) is 0 Å². The van der Waals surface area contributed by atoms with Gasteiger partial charge in [0.15, 0.2) is 5.78 Å². The second-order valence-electron chi connectivity index (χ2n) is 6.88. The maximum Gasteiger partial charge on any atom is 0.194 e. The van der Waals surface area contributed by atoms with Crippen LogP contribution in [0.3, 0.4) is 0 Å². The van der Waals surface area contributed by atoms with Gasteiger partial charge in [-0.1, -0.05) is 19.9 Å². The maximum absolute atomic E-state index is 13.5. The molecule has 21 heavy (non-hydrogen) atoms. The molecule has 1 aliphatic rings. The lowest BCUT2D eigenvalue weighted by Crippen LogP contribution is -2.46. The van der Waals surface area contributed by atoms with Gasteiger partial charge in [-0.05, 0) is 62.6 Å². The molecule has 0 amide bonds. The fourth-order valence-electron chi connectivity index (χ4n) is 3.13. The molecule has 0 atom stereocenters. The summed E-state index contributed by atoms with van der Waals surface area (Å²) in [7, 11) is 0. The van der Waals surface area contributed by atoms with Gasteiger partial charge in [-0.3, -0.25) is 4.79 Å². The molecule has 0 spiro atoms. The van der Waals surface area contributed by atoms with Gasteiger partial charge < -0.3 is 4.74 Å². The molecule has 1 aromatic carbocycles. The summed E-state index contributed by atoms with van der Waals surface area (Å²) in [5, 5.41) is 0. The molecule has 0 aliphatic heterocycles. The zero-order chi connectivity index (χ0) is 15.7. The highest BCUT2D eigenvalue weighted by Gasteiger charge is 2.45. The highest BCUT2D eigenvalue weighted by Crippen LogP contribution is 2.43. The van der Waals surface area contributed by atoms with Crippen molar-refractivity contribution in [3.63, 3.8) is 0 Å². The van der Waals surface area contributed by atoms with Gasteiger partial charge in [-0.2, -0.15) is 0 Å². The van der Waals surface area contributed by atoms with Crippen molar-refractivity contribution >= 4 is 5.78 Å². The molecule has 116 valence electrons. The summed E-state index contributed by atoms with van der Waals surface area (Å²) >= 11 is 0. The van der Waals surface area contributed by atoms with Crippen LogP contribution in [0, 0.1) is 18.2 Å². The van der Waals surface area contributed by atoms with Crippen LogP contribution in [0.4, 0.5) is 4.39 Å². The number of carbonyl (C=O) groups excluding carboxylic acids is 1. The summed E-state index contributed by atoms with van der Waals surface area (Å²) in [5.41, 5.74) is 0.745. The van der Waals surface area contributed by atoms with E-state index in [1.165, 1.54) is 12.1 Å². The van der Waals surface area contributed by atoms with Crippen molar-refractivity contribution in [3.8, 4) is 0 Å². The molecule has 1 saturated carbocycles. The zero-order valence-corrected chi connectivity index (χ0v) is 13.5. The Bertz CT molecular complexity index is 524. The Kier molecular flexibility index (Phi) is 4.52. The Balaban J connectivity index is 2.34. The first-order valence-electron chi connectivity index (χ1n) is 7.75. The lowest BCUT2D eigenvalue weighted by atomic mass is 9.68. The number of ketones is 1. The van der Waals surface area contributed by atoms with Crippen molar-refractivity contribution in [2.45, 2.75) is 59.0 Å². The third kappa shape index (κ3) is 3.34.